The van der Waals surface area contributed by atoms with Gasteiger partial charge in [0.05, 0.1) is 11.0 Å². The molecule has 1 saturated heterocycles. The van der Waals surface area contributed by atoms with Crippen LogP contribution in [0.25, 0.3) is 0 Å². The summed E-state index contributed by atoms with van der Waals surface area (Å²) in [4.78, 5) is 13.1. The van der Waals surface area contributed by atoms with E-state index in [1.54, 1.807) is 0 Å². The predicted molar refractivity (Wildman–Crippen MR) is 68.0 cm³/mol. The number of anilines is 1. The van der Waals surface area contributed by atoms with Gasteiger partial charge in [-0.25, -0.2) is 4.98 Å². The molecule has 116 valence electrons. The predicted octanol–water partition coefficient (Wildman–Crippen LogP) is 2.99. The largest absolute Gasteiger partial charge is 0.433 e. The molecule has 1 fully saturated rings. The highest BCUT2D eigenvalue weighted by molar-refractivity contribution is 5.61. The molecule has 0 radical (unpaired) electrons. The maximum Gasteiger partial charge on any atom is 0.433 e. The fourth-order valence-corrected chi connectivity index (χ4v) is 2.13. The number of rotatable bonds is 5. The molecule has 0 bridgehead atoms. The number of nitrogens with one attached hydrogen (secondary N) is 1. The van der Waals surface area contributed by atoms with Crippen LogP contribution in [0, 0.1) is 10.1 Å². The fraction of sp³-hybridized carbons (Fsp3) is 0.583. The third kappa shape index (κ3) is 4.03. The van der Waals surface area contributed by atoms with Crippen molar-refractivity contribution in [2.45, 2.75) is 31.5 Å². The van der Waals surface area contributed by atoms with Gasteiger partial charge in [-0.2, -0.15) is 13.2 Å². The Kier molecular flexibility index (Phi) is 4.61. The van der Waals surface area contributed by atoms with E-state index < -0.39 is 22.5 Å². The van der Waals surface area contributed by atoms with Crippen molar-refractivity contribution in [3.05, 3.63) is 28.1 Å². The van der Waals surface area contributed by atoms with E-state index in [-0.39, 0.29) is 11.8 Å². The van der Waals surface area contributed by atoms with Crippen molar-refractivity contribution in [3.63, 3.8) is 0 Å². The molecule has 1 aromatic rings. The van der Waals surface area contributed by atoms with Gasteiger partial charge in [-0.05, 0) is 25.3 Å². The lowest BCUT2D eigenvalue weighted by Crippen LogP contribution is -2.15. The molecule has 9 heteroatoms. The van der Waals surface area contributed by atoms with E-state index in [1.165, 1.54) is 0 Å². The first-order valence-corrected chi connectivity index (χ1v) is 6.45. The van der Waals surface area contributed by atoms with E-state index in [4.69, 9.17) is 4.74 Å². The lowest BCUT2D eigenvalue weighted by molar-refractivity contribution is -0.384. The summed E-state index contributed by atoms with van der Waals surface area (Å²) in [6.45, 7) is 0.977. The molecule has 2 rings (SSSR count). The first-order valence-electron chi connectivity index (χ1n) is 6.45. The fourth-order valence-electron chi connectivity index (χ4n) is 2.13. The summed E-state index contributed by atoms with van der Waals surface area (Å²) in [6.07, 6.45) is -1.52. The number of alkyl halides is 3. The maximum atomic E-state index is 12.6. The molecule has 2 heterocycles. The van der Waals surface area contributed by atoms with Crippen LogP contribution in [-0.4, -0.2) is 29.2 Å². The molecule has 21 heavy (non-hydrogen) atoms. The first kappa shape index (κ1) is 15.5. The Morgan fingerprint density at radius 1 is 1.52 bits per heavy atom. The highest BCUT2D eigenvalue weighted by Gasteiger charge is 2.34. The van der Waals surface area contributed by atoms with Crippen molar-refractivity contribution in [3.8, 4) is 0 Å². The quantitative estimate of drug-likeness (QED) is 0.668. The summed E-state index contributed by atoms with van der Waals surface area (Å²) in [7, 11) is 0. The standard InChI is InChI=1S/C12H14F3N3O3/c13-12(14,15)11-6-9(10(7-17-11)18(19)20)16-4-3-8-2-1-5-21-8/h6-8H,1-5H2,(H,16,17). The average molecular weight is 305 g/mol. The highest BCUT2D eigenvalue weighted by Crippen LogP contribution is 2.32. The van der Waals surface area contributed by atoms with E-state index in [0.29, 0.717) is 31.8 Å². The molecule has 1 N–H and O–H groups in total. The normalized spacial score (nSPS) is 18.7. The van der Waals surface area contributed by atoms with Crippen molar-refractivity contribution in [1.82, 2.24) is 4.98 Å². The smallest absolute Gasteiger partial charge is 0.379 e. The van der Waals surface area contributed by atoms with Gasteiger partial charge in [0, 0.05) is 13.2 Å². The lowest BCUT2D eigenvalue weighted by Gasteiger charge is -2.12. The molecule has 1 unspecified atom stereocenters. The molecule has 6 nitrogen and oxygen atoms in total. The second-order valence-corrected chi connectivity index (χ2v) is 4.69. The van der Waals surface area contributed by atoms with E-state index >= 15 is 0 Å². The van der Waals surface area contributed by atoms with Gasteiger partial charge in [-0.3, -0.25) is 10.1 Å². The van der Waals surface area contributed by atoms with Crippen LogP contribution >= 0.6 is 0 Å². The number of hydrogen-bond acceptors (Lipinski definition) is 5. The van der Waals surface area contributed by atoms with Gasteiger partial charge in [0.25, 0.3) is 0 Å². The minimum Gasteiger partial charge on any atom is -0.379 e. The topological polar surface area (TPSA) is 77.3 Å². The minimum atomic E-state index is -4.64. The SMILES string of the molecule is O=[N+]([O-])c1cnc(C(F)(F)F)cc1NCCC1CCCO1. The van der Waals surface area contributed by atoms with Crippen LogP contribution in [0.2, 0.25) is 0 Å². The Labute approximate surface area is 118 Å². The second-order valence-electron chi connectivity index (χ2n) is 4.69. The van der Waals surface area contributed by atoms with Crippen LogP contribution in [0.5, 0.6) is 0 Å². The Balaban J connectivity index is 2.08. The van der Waals surface area contributed by atoms with E-state index in [9.17, 15) is 23.3 Å². The molecule has 0 spiro atoms. The van der Waals surface area contributed by atoms with Gasteiger partial charge >= 0.3 is 11.9 Å². The Bertz CT molecular complexity index is 516. The molecule has 0 aliphatic carbocycles. The van der Waals surface area contributed by atoms with Gasteiger partial charge in [0.2, 0.25) is 0 Å². The number of nitro groups is 1. The number of halogens is 3. The summed E-state index contributed by atoms with van der Waals surface area (Å²) >= 11 is 0. The summed E-state index contributed by atoms with van der Waals surface area (Å²) in [5.41, 5.74) is -1.82. The summed E-state index contributed by atoms with van der Waals surface area (Å²) in [6, 6.07) is 0.660. The average Bonchev–Trinajstić information content (AvgIpc) is 2.90. The van der Waals surface area contributed by atoms with Gasteiger partial charge < -0.3 is 10.1 Å². The minimum absolute atomic E-state index is 0.0560. The summed E-state index contributed by atoms with van der Waals surface area (Å²) in [5.74, 6) is 0. The lowest BCUT2D eigenvalue weighted by atomic mass is 10.2. The van der Waals surface area contributed by atoms with Crippen molar-refractivity contribution in [2.75, 3.05) is 18.5 Å². The zero-order chi connectivity index (χ0) is 15.5. The van der Waals surface area contributed by atoms with Crippen LogP contribution in [0.15, 0.2) is 12.3 Å². The second kappa shape index (κ2) is 6.25. The first-order chi connectivity index (χ1) is 9.88. The zero-order valence-corrected chi connectivity index (χ0v) is 11.0. The Hall–Kier alpha value is -1.90. The molecular weight excluding hydrogens is 291 g/mol. The number of pyridine rings is 1. The Morgan fingerprint density at radius 2 is 2.29 bits per heavy atom. The molecule has 0 aromatic carbocycles. The van der Waals surface area contributed by atoms with Crippen LogP contribution in [-0.2, 0) is 10.9 Å². The van der Waals surface area contributed by atoms with Gasteiger partial charge in [-0.15, -0.1) is 0 Å². The Morgan fingerprint density at radius 3 is 2.86 bits per heavy atom. The van der Waals surface area contributed by atoms with E-state index in [1.807, 2.05) is 0 Å². The number of hydrogen-bond donors (Lipinski definition) is 1. The van der Waals surface area contributed by atoms with Crippen LogP contribution < -0.4 is 5.32 Å². The van der Waals surface area contributed by atoms with Crippen LogP contribution in [0.1, 0.15) is 25.0 Å². The number of nitrogens with zero attached hydrogens (tertiary/aromatic N) is 2. The highest BCUT2D eigenvalue weighted by atomic mass is 19.4. The molecule has 1 aliphatic heterocycles. The monoisotopic (exact) mass is 305 g/mol. The zero-order valence-electron chi connectivity index (χ0n) is 11.0. The van der Waals surface area contributed by atoms with Crippen molar-refractivity contribution < 1.29 is 22.8 Å². The molecule has 1 atom stereocenters. The maximum absolute atomic E-state index is 12.6. The van der Waals surface area contributed by atoms with E-state index in [0.717, 1.165) is 12.8 Å². The summed E-state index contributed by atoms with van der Waals surface area (Å²) in [5, 5.41) is 13.5. The van der Waals surface area contributed by atoms with E-state index in [2.05, 4.69) is 10.3 Å². The number of ether oxygens (including phenoxy) is 1. The van der Waals surface area contributed by atoms with Gasteiger partial charge in [-0.1, -0.05) is 0 Å². The van der Waals surface area contributed by atoms with Gasteiger partial charge in [0.1, 0.15) is 17.6 Å². The molecule has 1 aromatic heterocycles. The molecule has 0 saturated carbocycles. The summed E-state index contributed by atoms with van der Waals surface area (Å²) < 4.78 is 43.1. The van der Waals surface area contributed by atoms with Gasteiger partial charge in [0.15, 0.2) is 0 Å². The molecule has 1 aliphatic rings. The van der Waals surface area contributed by atoms with Crippen molar-refractivity contribution in [1.29, 1.82) is 0 Å². The third-order valence-corrected chi connectivity index (χ3v) is 3.18. The molecular formula is C12H14F3N3O3. The molecule has 0 amide bonds. The van der Waals surface area contributed by atoms with Crippen molar-refractivity contribution >= 4 is 11.4 Å². The van der Waals surface area contributed by atoms with Crippen LogP contribution in [0.3, 0.4) is 0 Å². The van der Waals surface area contributed by atoms with Crippen LogP contribution in [0.4, 0.5) is 24.5 Å². The number of aromatic nitrogens is 1. The third-order valence-electron chi connectivity index (χ3n) is 3.18. The van der Waals surface area contributed by atoms with Crippen molar-refractivity contribution in [2.24, 2.45) is 0 Å².